The van der Waals surface area contributed by atoms with Gasteiger partial charge in [-0.2, -0.15) is 15.0 Å². The van der Waals surface area contributed by atoms with Crippen LogP contribution in [0.3, 0.4) is 0 Å². The molecule has 28 heavy (non-hydrogen) atoms. The van der Waals surface area contributed by atoms with E-state index in [0.717, 1.165) is 0 Å². The Bertz CT molecular complexity index is 987. The molecule has 2 aromatic heterocycles. The molecule has 0 radical (unpaired) electrons. The Morgan fingerprint density at radius 3 is 2.54 bits per heavy atom. The molecular formula is C17H17N7O3S. The Hall–Kier alpha value is -3.31. The van der Waals surface area contributed by atoms with E-state index in [1.54, 1.807) is 30.5 Å². The van der Waals surface area contributed by atoms with E-state index in [-0.39, 0.29) is 6.01 Å². The SMILES string of the molecule is NC(=O)c1ccc(Oc2nc(-c3cnc(N)s3)nc(N3CCOCC3)n2)cc1. The van der Waals surface area contributed by atoms with Gasteiger partial charge < -0.3 is 25.8 Å². The summed E-state index contributed by atoms with van der Waals surface area (Å²) in [5, 5.41) is 0.424. The van der Waals surface area contributed by atoms with Gasteiger partial charge in [-0.05, 0) is 24.3 Å². The molecule has 0 bridgehead atoms. The molecule has 3 aromatic rings. The minimum absolute atomic E-state index is 0.130. The molecule has 4 N–H and O–H groups in total. The molecule has 10 nitrogen and oxygen atoms in total. The number of morpholine rings is 1. The van der Waals surface area contributed by atoms with E-state index in [2.05, 4.69) is 19.9 Å². The number of amides is 1. The van der Waals surface area contributed by atoms with Gasteiger partial charge in [0.1, 0.15) is 5.75 Å². The highest BCUT2D eigenvalue weighted by molar-refractivity contribution is 7.18. The number of rotatable bonds is 5. The molecule has 0 unspecified atom stereocenters. The van der Waals surface area contributed by atoms with Crippen LogP contribution in [-0.2, 0) is 4.74 Å². The van der Waals surface area contributed by atoms with E-state index in [1.807, 2.05) is 4.90 Å². The van der Waals surface area contributed by atoms with Gasteiger partial charge in [0.05, 0.1) is 24.3 Å². The van der Waals surface area contributed by atoms with Crippen LogP contribution in [-0.4, -0.2) is 52.1 Å². The van der Waals surface area contributed by atoms with Crippen LogP contribution in [0.1, 0.15) is 10.4 Å². The number of primary amides is 1. The van der Waals surface area contributed by atoms with Gasteiger partial charge >= 0.3 is 6.01 Å². The van der Waals surface area contributed by atoms with Gasteiger partial charge in [-0.1, -0.05) is 11.3 Å². The first-order valence-corrected chi connectivity index (χ1v) is 9.28. The number of hydrogen-bond acceptors (Lipinski definition) is 10. The van der Waals surface area contributed by atoms with Crippen LogP contribution in [0.2, 0.25) is 0 Å². The van der Waals surface area contributed by atoms with Crippen LogP contribution >= 0.6 is 11.3 Å². The number of ether oxygens (including phenoxy) is 2. The van der Waals surface area contributed by atoms with Gasteiger partial charge in [-0.3, -0.25) is 4.79 Å². The maximum absolute atomic E-state index is 11.2. The molecule has 144 valence electrons. The maximum atomic E-state index is 11.2. The lowest BCUT2D eigenvalue weighted by molar-refractivity contribution is 0.1000. The fraction of sp³-hybridized carbons (Fsp3) is 0.235. The summed E-state index contributed by atoms with van der Waals surface area (Å²) < 4.78 is 11.2. The molecule has 11 heteroatoms. The molecule has 0 spiro atoms. The minimum Gasteiger partial charge on any atom is -0.424 e. The molecule has 0 saturated carbocycles. The fourth-order valence-electron chi connectivity index (χ4n) is 2.59. The van der Waals surface area contributed by atoms with Gasteiger partial charge in [-0.15, -0.1) is 0 Å². The number of thiazole rings is 1. The molecule has 3 heterocycles. The number of nitrogens with zero attached hydrogens (tertiary/aromatic N) is 5. The van der Waals surface area contributed by atoms with Crippen LogP contribution in [0.15, 0.2) is 30.5 Å². The highest BCUT2D eigenvalue weighted by atomic mass is 32.1. The summed E-state index contributed by atoms with van der Waals surface area (Å²) in [5.41, 5.74) is 11.4. The van der Waals surface area contributed by atoms with Crippen LogP contribution in [0.25, 0.3) is 10.7 Å². The largest absolute Gasteiger partial charge is 0.424 e. The first-order chi connectivity index (χ1) is 13.6. The molecule has 0 atom stereocenters. The lowest BCUT2D eigenvalue weighted by atomic mass is 10.2. The van der Waals surface area contributed by atoms with Crippen LogP contribution in [0.4, 0.5) is 11.1 Å². The van der Waals surface area contributed by atoms with Crippen LogP contribution < -0.4 is 21.1 Å². The highest BCUT2D eigenvalue weighted by Gasteiger charge is 2.19. The lowest BCUT2D eigenvalue weighted by Crippen LogP contribution is -2.37. The molecule has 4 rings (SSSR count). The monoisotopic (exact) mass is 399 g/mol. The Morgan fingerprint density at radius 2 is 1.89 bits per heavy atom. The van der Waals surface area contributed by atoms with Gasteiger partial charge in [0.15, 0.2) is 11.0 Å². The second-order valence-corrected chi connectivity index (χ2v) is 6.96. The van der Waals surface area contributed by atoms with Crippen molar-refractivity contribution in [2.45, 2.75) is 0 Å². The summed E-state index contributed by atoms with van der Waals surface area (Å²) in [6, 6.07) is 6.54. The molecule has 1 aliphatic rings. The van der Waals surface area contributed by atoms with E-state index in [9.17, 15) is 4.79 Å². The van der Waals surface area contributed by atoms with Crippen molar-refractivity contribution in [3.8, 4) is 22.5 Å². The summed E-state index contributed by atoms with van der Waals surface area (Å²) >= 11 is 1.28. The maximum Gasteiger partial charge on any atom is 0.327 e. The van der Waals surface area contributed by atoms with Crippen molar-refractivity contribution in [2.24, 2.45) is 5.73 Å². The Balaban J connectivity index is 1.67. The second-order valence-electron chi connectivity index (χ2n) is 5.89. The number of carbonyl (C=O) groups excluding carboxylic acids is 1. The van der Waals surface area contributed by atoms with Crippen LogP contribution in [0.5, 0.6) is 11.8 Å². The lowest BCUT2D eigenvalue weighted by Gasteiger charge is -2.26. The normalized spacial score (nSPS) is 14.1. The van der Waals surface area contributed by atoms with E-state index in [0.29, 0.717) is 59.4 Å². The van der Waals surface area contributed by atoms with Crippen molar-refractivity contribution in [1.82, 2.24) is 19.9 Å². The van der Waals surface area contributed by atoms with Crippen LogP contribution in [0, 0.1) is 0 Å². The number of anilines is 2. The molecule has 1 aromatic carbocycles. The summed E-state index contributed by atoms with van der Waals surface area (Å²) in [4.78, 5) is 31.3. The molecule has 1 fully saturated rings. The summed E-state index contributed by atoms with van der Waals surface area (Å²) in [6.07, 6.45) is 1.61. The number of carbonyl (C=O) groups is 1. The number of aromatic nitrogens is 4. The quantitative estimate of drug-likeness (QED) is 0.649. The Morgan fingerprint density at radius 1 is 1.14 bits per heavy atom. The minimum atomic E-state index is -0.508. The van der Waals surface area contributed by atoms with E-state index in [4.69, 9.17) is 20.9 Å². The number of hydrogen-bond donors (Lipinski definition) is 2. The topological polar surface area (TPSA) is 142 Å². The molecule has 1 amide bonds. The Kier molecular flexibility index (Phi) is 5.00. The van der Waals surface area contributed by atoms with Crippen molar-refractivity contribution in [1.29, 1.82) is 0 Å². The van der Waals surface area contributed by atoms with E-state index in [1.165, 1.54) is 11.3 Å². The summed E-state index contributed by atoms with van der Waals surface area (Å²) in [6.45, 7) is 2.53. The number of nitrogens with two attached hydrogens (primary N) is 2. The van der Waals surface area contributed by atoms with Crippen molar-refractivity contribution >= 4 is 28.3 Å². The third kappa shape index (κ3) is 4.00. The third-order valence-corrected chi connectivity index (χ3v) is 4.81. The zero-order chi connectivity index (χ0) is 19.5. The van der Waals surface area contributed by atoms with Crippen molar-refractivity contribution in [3.05, 3.63) is 36.0 Å². The molecule has 1 aliphatic heterocycles. The standard InChI is InChI=1S/C17H17N7O3S/c18-13(25)10-1-3-11(4-2-10)27-17-22-14(12-9-20-15(19)28-12)21-16(23-17)24-5-7-26-8-6-24/h1-4,9H,5-8H2,(H2,18,25)(H2,19,20). The second kappa shape index (κ2) is 7.74. The fourth-order valence-corrected chi connectivity index (χ4v) is 3.21. The van der Waals surface area contributed by atoms with Gasteiger partial charge in [-0.25, -0.2) is 4.98 Å². The summed E-state index contributed by atoms with van der Waals surface area (Å²) in [7, 11) is 0. The average Bonchev–Trinajstić information content (AvgIpc) is 3.15. The zero-order valence-electron chi connectivity index (χ0n) is 14.7. The van der Waals surface area contributed by atoms with E-state index >= 15 is 0 Å². The summed E-state index contributed by atoms with van der Waals surface area (Å²) in [5.74, 6) is 0.878. The van der Waals surface area contributed by atoms with Crippen molar-refractivity contribution in [3.63, 3.8) is 0 Å². The highest BCUT2D eigenvalue weighted by Crippen LogP contribution is 2.28. The van der Waals surface area contributed by atoms with Gasteiger partial charge in [0.25, 0.3) is 0 Å². The number of nitrogen functional groups attached to an aromatic ring is 1. The van der Waals surface area contributed by atoms with Gasteiger partial charge in [0, 0.05) is 18.7 Å². The third-order valence-electron chi connectivity index (χ3n) is 3.99. The predicted molar refractivity (Wildman–Crippen MR) is 103 cm³/mol. The average molecular weight is 399 g/mol. The van der Waals surface area contributed by atoms with Crippen molar-refractivity contribution in [2.75, 3.05) is 36.9 Å². The first kappa shape index (κ1) is 18.1. The Labute approximate surface area is 164 Å². The van der Waals surface area contributed by atoms with Crippen molar-refractivity contribution < 1.29 is 14.3 Å². The molecule has 0 aliphatic carbocycles. The molecule has 1 saturated heterocycles. The number of benzene rings is 1. The predicted octanol–water partition coefficient (Wildman–Crippen LogP) is 1.31. The van der Waals surface area contributed by atoms with Gasteiger partial charge in [0.2, 0.25) is 11.9 Å². The zero-order valence-corrected chi connectivity index (χ0v) is 15.6. The van der Waals surface area contributed by atoms with E-state index < -0.39 is 5.91 Å². The molecular weight excluding hydrogens is 382 g/mol. The first-order valence-electron chi connectivity index (χ1n) is 8.46. The smallest absolute Gasteiger partial charge is 0.327 e.